The molecule has 2 nitrogen and oxygen atoms in total. The molecule has 1 aromatic rings. The lowest BCUT2D eigenvalue weighted by atomic mass is 10.1. The smallest absolute Gasteiger partial charge is 0.163 e. The quantitative estimate of drug-likeness (QED) is 0.776. The number of carbonyl (C=O) groups is 1. The van der Waals surface area contributed by atoms with E-state index in [0.717, 1.165) is 10.0 Å². The molecule has 0 unspecified atom stereocenters. The maximum atomic E-state index is 11.3. The molecule has 0 heterocycles. The summed E-state index contributed by atoms with van der Waals surface area (Å²) in [6, 6.07) is 3.69. The maximum absolute atomic E-state index is 11.3. The lowest BCUT2D eigenvalue weighted by Crippen LogP contribution is -2.01. The first-order valence-electron chi connectivity index (χ1n) is 4.50. The fraction of sp³-hybridized carbons (Fsp3) is 0.364. The number of benzene rings is 1. The molecule has 0 N–H and O–H groups in total. The molecule has 1 rings (SSSR count). The number of Topliss-reactive ketones (excluding diaryl/α,β-unsaturated/α-hetero) is 1. The van der Waals surface area contributed by atoms with E-state index in [0.29, 0.717) is 17.9 Å². The summed E-state index contributed by atoms with van der Waals surface area (Å²) < 4.78 is 6.33. The van der Waals surface area contributed by atoms with Gasteiger partial charge < -0.3 is 4.74 Å². The van der Waals surface area contributed by atoms with Gasteiger partial charge in [-0.25, -0.2) is 0 Å². The third-order valence-electron chi connectivity index (χ3n) is 1.94. The summed E-state index contributed by atoms with van der Waals surface area (Å²) in [4.78, 5) is 11.3. The van der Waals surface area contributed by atoms with Crippen LogP contribution in [0.3, 0.4) is 0 Å². The van der Waals surface area contributed by atoms with E-state index < -0.39 is 0 Å². The van der Waals surface area contributed by atoms with Crippen molar-refractivity contribution < 1.29 is 9.53 Å². The molecule has 0 atom stereocenters. The first-order chi connectivity index (χ1) is 6.56. The first-order valence-corrected chi connectivity index (χ1v) is 5.29. The Bertz CT molecular complexity index is 359. The van der Waals surface area contributed by atoms with Crippen LogP contribution in [0, 0.1) is 6.92 Å². The van der Waals surface area contributed by atoms with Crippen molar-refractivity contribution in [2.75, 3.05) is 6.61 Å². The van der Waals surface area contributed by atoms with Gasteiger partial charge in [0.25, 0.3) is 0 Å². The predicted octanol–water partition coefficient (Wildman–Crippen LogP) is 3.36. The molecular weight excluding hydrogens is 244 g/mol. The zero-order valence-electron chi connectivity index (χ0n) is 8.56. The number of hydrogen-bond acceptors (Lipinski definition) is 2. The Hall–Kier alpha value is -0.830. The fourth-order valence-corrected chi connectivity index (χ4v) is 1.55. The van der Waals surface area contributed by atoms with Gasteiger partial charge in [0, 0.05) is 4.47 Å². The fourth-order valence-electron chi connectivity index (χ4n) is 1.21. The first kappa shape index (κ1) is 11.2. The highest BCUT2D eigenvalue weighted by molar-refractivity contribution is 9.10. The minimum atomic E-state index is 0.0224. The van der Waals surface area contributed by atoms with Crippen LogP contribution in [0.5, 0.6) is 5.75 Å². The molecule has 0 spiro atoms. The number of ketones is 1. The molecule has 0 aliphatic heterocycles. The largest absolute Gasteiger partial charge is 0.493 e. The summed E-state index contributed by atoms with van der Waals surface area (Å²) in [5.41, 5.74) is 1.70. The average molecular weight is 257 g/mol. The van der Waals surface area contributed by atoms with Gasteiger partial charge in [-0.15, -0.1) is 0 Å². The van der Waals surface area contributed by atoms with Crippen LogP contribution in [0.1, 0.15) is 29.8 Å². The van der Waals surface area contributed by atoms with Crippen LogP contribution < -0.4 is 4.74 Å². The number of carbonyl (C=O) groups excluding carboxylic acids is 1. The molecule has 0 aromatic heterocycles. The molecule has 0 aliphatic rings. The molecule has 0 amide bonds. The maximum Gasteiger partial charge on any atom is 0.163 e. The van der Waals surface area contributed by atoms with Crippen molar-refractivity contribution in [1.82, 2.24) is 0 Å². The van der Waals surface area contributed by atoms with Crippen molar-refractivity contribution in [1.29, 1.82) is 0 Å². The van der Waals surface area contributed by atoms with E-state index in [2.05, 4.69) is 15.9 Å². The van der Waals surface area contributed by atoms with Gasteiger partial charge in [-0.3, -0.25) is 4.79 Å². The second kappa shape index (κ2) is 4.60. The number of rotatable bonds is 3. The summed E-state index contributed by atoms with van der Waals surface area (Å²) in [5.74, 6) is 0.690. The second-order valence-corrected chi connectivity index (χ2v) is 3.94. The highest BCUT2D eigenvalue weighted by atomic mass is 79.9. The van der Waals surface area contributed by atoms with Crippen LogP contribution in [0.25, 0.3) is 0 Å². The van der Waals surface area contributed by atoms with Crippen molar-refractivity contribution in [3.05, 3.63) is 27.7 Å². The summed E-state index contributed by atoms with van der Waals surface area (Å²) >= 11 is 3.39. The van der Waals surface area contributed by atoms with Crippen molar-refractivity contribution in [2.24, 2.45) is 0 Å². The van der Waals surface area contributed by atoms with Gasteiger partial charge in [0.15, 0.2) is 5.78 Å². The average Bonchev–Trinajstić information content (AvgIpc) is 2.11. The Morgan fingerprint density at radius 2 is 2.14 bits per heavy atom. The number of halogens is 1. The normalized spacial score (nSPS) is 10.0. The van der Waals surface area contributed by atoms with Crippen molar-refractivity contribution >= 4 is 21.7 Å². The highest BCUT2D eigenvalue weighted by Crippen LogP contribution is 2.27. The Kier molecular flexibility index (Phi) is 3.69. The molecule has 76 valence electrons. The van der Waals surface area contributed by atoms with E-state index in [-0.39, 0.29) is 5.78 Å². The summed E-state index contributed by atoms with van der Waals surface area (Å²) in [5, 5.41) is 0. The number of aryl methyl sites for hydroxylation is 1. The van der Waals surface area contributed by atoms with E-state index in [1.807, 2.05) is 26.0 Å². The molecule has 0 saturated carbocycles. The molecule has 14 heavy (non-hydrogen) atoms. The zero-order valence-corrected chi connectivity index (χ0v) is 10.1. The monoisotopic (exact) mass is 256 g/mol. The van der Waals surface area contributed by atoms with Gasteiger partial charge in [0.05, 0.1) is 12.2 Å². The molecule has 0 aliphatic carbocycles. The van der Waals surface area contributed by atoms with Gasteiger partial charge >= 0.3 is 0 Å². The van der Waals surface area contributed by atoms with Crippen molar-refractivity contribution in [3.63, 3.8) is 0 Å². The van der Waals surface area contributed by atoms with E-state index in [4.69, 9.17) is 4.74 Å². The summed E-state index contributed by atoms with van der Waals surface area (Å²) in [7, 11) is 0. The number of hydrogen-bond donors (Lipinski definition) is 0. The molecule has 0 fully saturated rings. The van der Waals surface area contributed by atoms with Gasteiger partial charge in [-0.2, -0.15) is 0 Å². The molecule has 0 radical (unpaired) electrons. The van der Waals surface area contributed by atoms with Gasteiger partial charge in [0.2, 0.25) is 0 Å². The Labute approximate surface area is 92.4 Å². The van der Waals surface area contributed by atoms with Crippen LogP contribution in [-0.2, 0) is 0 Å². The van der Waals surface area contributed by atoms with E-state index in [1.54, 1.807) is 6.92 Å². The Morgan fingerprint density at radius 1 is 1.50 bits per heavy atom. The van der Waals surface area contributed by atoms with E-state index >= 15 is 0 Å². The minimum absolute atomic E-state index is 0.0224. The van der Waals surface area contributed by atoms with E-state index in [9.17, 15) is 4.79 Å². The Morgan fingerprint density at radius 3 is 2.64 bits per heavy atom. The van der Waals surface area contributed by atoms with Gasteiger partial charge in [-0.1, -0.05) is 15.9 Å². The van der Waals surface area contributed by atoms with Crippen LogP contribution in [0.2, 0.25) is 0 Å². The third kappa shape index (κ3) is 2.35. The molecule has 0 saturated heterocycles. The molecule has 1 aromatic carbocycles. The third-order valence-corrected chi connectivity index (χ3v) is 2.79. The second-order valence-electron chi connectivity index (χ2n) is 3.09. The van der Waals surface area contributed by atoms with Gasteiger partial charge in [0.1, 0.15) is 5.75 Å². The lowest BCUT2D eigenvalue weighted by Gasteiger charge is -2.10. The number of ether oxygens (including phenoxy) is 1. The van der Waals surface area contributed by atoms with Crippen molar-refractivity contribution in [3.8, 4) is 5.75 Å². The standard InChI is InChI=1S/C11H13BrO2/c1-4-14-11-5-7(2)10(12)6-9(11)8(3)13/h5-6H,4H2,1-3H3. The van der Waals surface area contributed by atoms with Crippen LogP contribution in [0.4, 0.5) is 0 Å². The predicted molar refractivity (Wildman–Crippen MR) is 60.1 cm³/mol. The molecular formula is C11H13BrO2. The van der Waals surface area contributed by atoms with Gasteiger partial charge in [-0.05, 0) is 38.5 Å². The highest BCUT2D eigenvalue weighted by Gasteiger charge is 2.10. The molecule has 3 heteroatoms. The molecule has 0 bridgehead atoms. The topological polar surface area (TPSA) is 26.3 Å². The summed E-state index contributed by atoms with van der Waals surface area (Å²) in [6.07, 6.45) is 0. The Balaban J connectivity index is 3.24. The minimum Gasteiger partial charge on any atom is -0.493 e. The van der Waals surface area contributed by atoms with Crippen LogP contribution in [0.15, 0.2) is 16.6 Å². The zero-order chi connectivity index (χ0) is 10.7. The van der Waals surface area contributed by atoms with E-state index in [1.165, 1.54) is 0 Å². The van der Waals surface area contributed by atoms with Crippen LogP contribution >= 0.6 is 15.9 Å². The van der Waals surface area contributed by atoms with Crippen molar-refractivity contribution in [2.45, 2.75) is 20.8 Å². The SMILES string of the molecule is CCOc1cc(C)c(Br)cc1C(C)=O. The summed E-state index contributed by atoms with van der Waals surface area (Å²) in [6.45, 7) is 5.98. The lowest BCUT2D eigenvalue weighted by molar-refractivity contribution is 0.101. The van der Waals surface area contributed by atoms with Crippen LogP contribution in [-0.4, -0.2) is 12.4 Å².